The number of nitrogens with zero attached hydrogens (tertiary/aromatic N) is 1. The Labute approximate surface area is 98.4 Å². The van der Waals surface area contributed by atoms with E-state index in [2.05, 4.69) is 16.1 Å². The standard InChI is InChI=1S/C12H17FN2S/c1-16(2)10-3-4-12(11(13)9-10)15-7-5-14-6-8-15/h3-4,9,14H,1,5-8H2,2H3. The lowest BCUT2D eigenvalue weighted by Crippen LogP contribution is -2.43. The molecular formula is C12H17FN2S. The van der Waals surface area contributed by atoms with E-state index in [9.17, 15) is 4.39 Å². The average molecular weight is 240 g/mol. The quantitative estimate of drug-likeness (QED) is 0.795. The van der Waals surface area contributed by atoms with Crippen molar-refractivity contribution in [2.75, 3.05) is 37.3 Å². The lowest BCUT2D eigenvalue weighted by atomic mass is 10.2. The Hall–Kier alpha value is -0.870. The van der Waals surface area contributed by atoms with Crippen molar-refractivity contribution in [2.45, 2.75) is 4.90 Å². The monoisotopic (exact) mass is 240 g/mol. The van der Waals surface area contributed by atoms with Gasteiger partial charge in [-0.2, -0.15) is 10.5 Å². The van der Waals surface area contributed by atoms with Gasteiger partial charge in [0.05, 0.1) is 5.69 Å². The van der Waals surface area contributed by atoms with E-state index < -0.39 is 0 Å². The van der Waals surface area contributed by atoms with Gasteiger partial charge in [0, 0.05) is 31.1 Å². The second-order valence-corrected chi connectivity index (χ2v) is 5.73. The van der Waals surface area contributed by atoms with Crippen molar-refractivity contribution in [3.8, 4) is 0 Å². The van der Waals surface area contributed by atoms with Gasteiger partial charge in [-0.3, -0.25) is 0 Å². The summed E-state index contributed by atoms with van der Waals surface area (Å²) in [5.74, 6) is 3.81. The van der Waals surface area contributed by atoms with Crippen LogP contribution in [0.15, 0.2) is 23.1 Å². The van der Waals surface area contributed by atoms with Crippen LogP contribution in [-0.2, 0) is 0 Å². The molecule has 0 bridgehead atoms. The third kappa shape index (κ3) is 2.44. The van der Waals surface area contributed by atoms with Crippen molar-refractivity contribution in [1.29, 1.82) is 0 Å². The van der Waals surface area contributed by atoms with Gasteiger partial charge in [0.15, 0.2) is 0 Å². The molecule has 2 rings (SSSR count). The number of nitrogens with one attached hydrogen (secondary N) is 1. The molecule has 1 aliphatic heterocycles. The maximum atomic E-state index is 13.9. The van der Waals surface area contributed by atoms with Gasteiger partial charge >= 0.3 is 0 Å². The molecule has 1 fully saturated rings. The average Bonchev–Trinajstić information content (AvgIpc) is 2.30. The van der Waals surface area contributed by atoms with Gasteiger partial charge in [-0.05, 0) is 24.5 Å². The first-order valence-corrected chi connectivity index (χ1v) is 7.19. The van der Waals surface area contributed by atoms with Crippen LogP contribution in [0.5, 0.6) is 0 Å². The molecule has 1 aliphatic rings. The Morgan fingerprint density at radius 1 is 1.38 bits per heavy atom. The molecule has 1 N–H and O–H groups in total. The molecular weight excluding hydrogens is 223 g/mol. The number of benzene rings is 1. The first kappa shape index (κ1) is 11.6. The summed E-state index contributed by atoms with van der Waals surface area (Å²) in [5.41, 5.74) is 0.718. The van der Waals surface area contributed by atoms with E-state index >= 15 is 0 Å². The van der Waals surface area contributed by atoms with Crippen molar-refractivity contribution in [1.82, 2.24) is 5.32 Å². The zero-order chi connectivity index (χ0) is 11.5. The minimum Gasteiger partial charge on any atom is -0.367 e. The SMILES string of the molecule is C=S(C)c1ccc(N2CCNCC2)c(F)c1. The highest BCUT2D eigenvalue weighted by Crippen LogP contribution is 2.27. The van der Waals surface area contributed by atoms with E-state index in [0.29, 0.717) is 0 Å². The smallest absolute Gasteiger partial charge is 0.147 e. The molecule has 1 saturated heterocycles. The van der Waals surface area contributed by atoms with Crippen LogP contribution < -0.4 is 10.2 Å². The highest BCUT2D eigenvalue weighted by atomic mass is 32.2. The Morgan fingerprint density at radius 2 is 2.06 bits per heavy atom. The lowest BCUT2D eigenvalue weighted by Gasteiger charge is -2.29. The molecule has 0 radical (unpaired) electrons. The molecule has 0 saturated carbocycles. The van der Waals surface area contributed by atoms with Crippen LogP contribution in [0.3, 0.4) is 0 Å². The van der Waals surface area contributed by atoms with Crippen LogP contribution >= 0.6 is 10.5 Å². The number of anilines is 1. The van der Waals surface area contributed by atoms with Gasteiger partial charge in [-0.15, -0.1) is 0 Å². The zero-order valence-electron chi connectivity index (χ0n) is 9.50. The Balaban J connectivity index is 2.24. The topological polar surface area (TPSA) is 15.3 Å². The minimum absolute atomic E-state index is 0.123. The fourth-order valence-electron chi connectivity index (χ4n) is 1.87. The van der Waals surface area contributed by atoms with Gasteiger partial charge < -0.3 is 10.2 Å². The number of piperazine rings is 1. The molecule has 0 amide bonds. The summed E-state index contributed by atoms with van der Waals surface area (Å²) in [6.07, 6.45) is 2.00. The maximum Gasteiger partial charge on any atom is 0.147 e. The number of rotatable bonds is 2. The van der Waals surface area contributed by atoms with Crippen LogP contribution in [0.1, 0.15) is 0 Å². The minimum atomic E-state index is -0.123. The van der Waals surface area contributed by atoms with E-state index in [1.54, 1.807) is 6.07 Å². The summed E-state index contributed by atoms with van der Waals surface area (Å²) in [4.78, 5) is 3.07. The molecule has 1 aromatic carbocycles. The Kier molecular flexibility index (Phi) is 3.61. The van der Waals surface area contributed by atoms with Gasteiger partial charge in [-0.25, -0.2) is 4.39 Å². The van der Waals surface area contributed by atoms with E-state index in [-0.39, 0.29) is 16.3 Å². The zero-order valence-corrected chi connectivity index (χ0v) is 10.3. The van der Waals surface area contributed by atoms with E-state index in [1.807, 2.05) is 18.4 Å². The lowest BCUT2D eigenvalue weighted by molar-refractivity contribution is 0.565. The Morgan fingerprint density at radius 3 is 2.62 bits per heavy atom. The predicted octanol–water partition coefficient (Wildman–Crippen LogP) is 1.92. The molecule has 16 heavy (non-hydrogen) atoms. The molecule has 1 heterocycles. The first-order valence-electron chi connectivity index (χ1n) is 5.39. The highest BCUT2D eigenvalue weighted by molar-refractivity contribution is 8.13. The third-order valence-corrected chi connectivity index (χ3v) is 3.84. The third-order valence-electron chi connectivity index (χ3n) is 2.78. The van der Waals surface area contributed by atoms with Gasteiger partial charge in [-0.1, -0.05) is 5.87 Å². The van der Waals surface area contributed by atoms with Crippen molar-refractivity contribution in [2.24, 2.45) is 0 Å². The molecule has 1 unspecified atom stereocenters. The van der Waals surface area contributed by atoms with Crippen LogP contribution in [0.25, 0.3) is 0 Å². The summed E-state index contributed by atoms with van der Waals surface area (Å²) in [7, 11) is -0.123. The van der Waals surface area contributed by atoms with E-state index in [1.165, 1.54) is 0 Å². The normalized spacial score (nSPS) is 18.5. The van der Waals surface area contributed by atoms with Crippen LogP contribution in [-0.4, -0.2) is 38.3 Å². The number of hydrogen-bond donors (Lipinski definition) is 1. The fourth-order valence-corrected chi connectivity index (χ4v) is 2.47. The Bertz CT molecular complexity index is 400. The molecule has 1 atom stereocenters. The number of hydrogen-bond acceptors (Lipinski definition) is 2. The van der Waals surface area contributed by atoms with Crippen molar-refractivity contribution >= 4 is 22.0 Å². The van der Waals surface area contributed by atoms with Gasteiger partial charge in [0.2, 0.25) is 0 Å². The second kappa shape index (κ2) is 4.97. The summed E-state index contributed by atoms with van der Waals surface area (Å²) >= 11 is 0. The van der Waals surface area contributed by atoms with Gasteiger partial charge in [0.1, 0.15) is 5.82 Å². The number of halogens is 1. The second-order valence-electron chi connectivity index (χ2n) is 3.99. The molecule has 4 heteroatoms. The summed E-state index contributed by atoms with van der Waals surface area (Å²) < 4.78 is 13.9. The summed E-state index contributed by atoms with van der Waals surface area (Å²) in [5, 5.41) is 3.26. The van der Waals surface area contributed by atoms with Crippen LogP contribution in [0.2, 0.25) is 0 Å². The highest BCUT2D eigenvalue weighted by Gasteiger charge is 2.14. The van der Waals surface area contributed by atoms with Gasteiger partial charge in [0.25, 0.3) is 0 Å². The fraction of sp³-hybridized carbons (Fsp3) is 0.417. The van der Waals surface area contributed by atoms with Crippen molar-refractivity contribution < 1.29 is 4.39 Å². The molecule has 0 spiro atoms. The van der Waals surface area contributed by atoms with Crippen molar-refractivity contribution in [3.05, 3.63) is 24.0 Å². The van der Waals surface area contributed by atoms with Crippen LogP contribution in [0.4, 0.5) is 10.1 Å². The summed E-state index contributed by atoms with van der Waals surface area (Å²) in [6.45, 7) is 3.60. The molecule has 0 aromatic heterocycles. The summed E-state index contributed by atoms with van der Waals surface area (Å²) in [6, 6.07) is 5.48. The van der Waals surface area contributed by atoms with Crippen LogP contribution in [0, 0.1) is 5.82 Å². The van der Waals surface area contributed by atoms with Crippen molar-refractivity contribution in [3.63, 3.8) is 0 Å². The molecule has 0 aliphatic carbocycles. The molecule has 2 nitrogen and oxygen atoms in total. The first-order chi connectivity index (χ1) is 7.68. The predicted molar refractivity (Wildman–Crippen MR) is 70.4 cm³/mol. The molecule has 88 valence electrons. The van der Waals surface area contributed by atoms with E-state index in [4.69, 9.17) is 0 Å². The largest absolute Gasteiger partial charge is 0.367 e. The van der Waals surface area contributed by atoms with E-state index in [0.717, 1.165) is 36.8 Å². The molecule has 1 aromatic rings. The maximum absolute atomic E-state index is 13.9.